The molecule has 1 aliphatic heterocycles. The Labute approximate surface area is 153 Å². The molecular weight excluding hydrogens is 326 g/mol. The van der Waals surface area contributed by atoms with Crippen molar-refractivity contribution in [3.63, 3.8) is 0 Å². The molecular formula is C20H23N5O. The number of fused-ring (bicyclic) bond motifs is 1. The number of nitrogens with zero attached hydrogens (tertiary/aromatic N) is 1. The maximum absolute atomic E-state index is 11.9. The van der Waals surface area contributed by atoms with Crippen molar-refractivity contribution in [2.24, 2.45) is 10.7 Å². The lowest BCUT2D eigenvalue weighted by Crippen LogP contribution is -2.19. The highest BCUT2D eigenvalue weighted by molar-refractivity contribution is 6.10. The number of aliphatic imine (C=N–C) groups is 1. The first kappa shape index (κ1) is 17.5. The quantitative estimate of drug-likeness (QED) is 0.635. The van der Waals surface area contributed by atoms with E-state index < -0.39 is 0 Å². The van der Waals surface area contributed by atoms with Crippen LogP contribution in [0.2, 0.25) is 0 Å². The summed E-state index contributed by atoms with van der Waals surface area (Å²) >= 11 is 0. The molecule has 0 spiro atoms. The van der Waals surface area contributed by atoms with E-state index in [4.69, 9.17) is 5.73 Å². The summed E-state index contributed by atoms with van der Waals surface area (Å²) in [5.74, 6) is 0.0134. The molecule has 1 aliphatic rings. The van der Waals surface area contributed by atoms with Crippen molar-refractivity contribution in [3.05, 3.63) is 54.2 Å². The van der Waals surface area contributed by atoms with Crippen LogP contribution in [0.3, 0.4) is 0 Å². The highest BCUT2D eigenvalue weighted by Crippen LogP contribution is 2.35. The lowest BCUT2D eigenvalue weighted by molar-refractivity contribution is -0.116. The molecule has 26 heavy (non-hydrogen) atoms. The van der Waals surface area contributed by atoms with Crippen LogP contribution in [0.5, 0.6) is 0 Å². The van der Waals surface area contributed by atoms with Crippen molar-refractivity contribution < 1.29 is 4.79 Å². The molecule has 0 aromatic heterocycles. The molecule has 1 heterocycles. The van der Waals surface area contributed by atoms with Gasteiger partial charge in [0.25, 0.3) is 0 Å². The molecule has 6 heteroatoms. The Bertz CT molecular complexity index is 872. The Kier molecular flexibility index (Phi) is 5.22. The fourth-order valence-electron chi connectivity index (χ4n) is 2.98. The molecule has 0 saturated carbocycles. The van der Waals surface area contributed by atoms with Gasteiger partial charge >= 0.3 is 0 Å². The zero-order valence-electron chi connectivity index (χ0n) is 14.9. The molecule has 0 radical (unpaired) electrons. The van der Waals surface area contributed by atoms with Crippen molar-refractivity contribution in [1.82, 2.24) is 0 Å². The SMILES string of the molecule is CN=CC(=CN)c1cccc(Nc2cccc3c2N[C@H](C)CC(=O)N3)c1. The highest BCUT2D eigenvalue weighted by atomic mass is 16.1. The average Bonchev–Trinajstić information content (AvgIpc) is 2.77. The number of hydrogen-bond acceptors (Lipinski definition) is 5. The summed E-state index contributed by atoms with van der Waals surface area (Å²) in [5, 5.41) is 9.79. The number of carbonyl (C=O) groups excluding carboxylic acids is 1. The van der Waals surface area contributed by atoms with Crippen LogP contribution in [-0.4, -0.2) is 25.2 Å². The molecule has 0 unspecified atom stereocenters. The monoisotopic (exact) mass is 349 g/mol. The van der Waals surface area contributed by atoms with Gasteiger partial charge in [-0.3, -0.25) is 9.79 Å². The van der Waals surface area contributed by atoms with E-state index >= 15 is 0 Å². The zero-order chi connectivity index (χ0) is 18.5. The van der Waals surface area contributed by atoms with Crippen LogP contribution in [0.15, 0.2) is 53.7 Å². The van der Waals surface area contributed by atoms with Gasteiger partial charge in [-0.05, 0) is 36.8 Å². The molecule has 6 nitrogen and oxygen atoms in total. The second-order valence-corrected chi connectivity index (χ2v) is 6.24. The van der Waals surface area contributed by atoms with Gasteiger partial charge in [0.05, 0.1) is 17.1 Å². The number of para-hydroxylation sites is 1. The van der Waals surface area contributed by atoms with Crippen molar-refractivity contribution in [1.29, 1.82) is 0 Å². The van der Waals surface area contributed by atoms with E-state index in [1.54, 1.807) is 19.5 Å². The van der Waals surface area contributed by atoms with Gasteiger partial charge in [0, 0.05) is 43.2 Å². The maximum atomic E-state index is 11.9. The molecule has 0 saturated heterocycles. The fraction of sp³-hybridized carbons (Fsp3) is 0.200. The molecule has 2 aromatic rings. The minimum atomic E-state index is 0.0134. The minimum absolute atomic E-state index is 0.0134. The Morgan fingerprint density at radius 2 is 2.12 bits per heavy atom. The van der Waals surface area contributed by atoms with Gasteiger partial charge in [0.2, 0.25) is 5.91 Å². The standard InChI is InChI=1S/C20H23N5O/c1-13-9-19(26)25-18-8-4-7-17(20(18)23-13)24-16-6-3-5-14(10-16)15(11-21)12-22-2/h3-8,10-13,23-24H,9,21H2,1-2H3,(H,25,26)/t13-/m1/s1. The van der Waals surface area contributed by atoms with Gasteiger partial charge in [0.15, 0.2) is 0 Å². The van der Waals surface area contributed by atoms with Gasteiger partial charge in [-0.2, -0.15) is 0 Å². The molecule has 0 bridgehead atoms. The molecule has 2 aromatic carbocycles. The van der Waals surface area contributed by atoms with Crippen LogP contribution in [0.1, 0.15) is 18.9 Å². The first-order valence-corrected chi connectivity index (χ1v) is 8.51. The highest BCUT2D eigenvalue weighted by Gasteiger charge is 2.19. The Morgan fingerprint density at radius 3 is 2.88 bits per heavy atom. The summed E-state index contributed by atoms with van der Waals surface area (Å²) in [6.45, 7) is 1.99. The third kappa shape index (κ3) is 3.85. The predicted molar refractivity (Wildman–Crippen MR) is 109 cm³/mol. The number of carbonyl (C=O) groups is 1. The number of hydrogen-bond donors (Lipinski definition) is 4. The van der Waals surface area contributed by atoms with Gasteiger partial charge in [-0.1, -0.05) is 18.2 Å². The first-order chi connectivity index (χ1) is 12.6. The summed E-state index contributed by atoms with van der Waals surface area (Å²) in [6, 6.07) is 13.8. The van der Waals surface area contributed by atoms with Crippen LogP contribution in [0.4, 0.5) is 22.7 Å². The largest absolute Gasteiger partial charge is 0.404 e. The number of benzene rings is 2. The number of amides is 1. The van der Waals surface area contributed by atoms with E-state index in [-0.39, 0.29) is 11.9 Å². The van der Waals surface area contributed by atoms with Crippen LogP contribution in [0, 0.1) is 0 Å². The number of allylic oxidation sites excluding steroid dienone is 1. The second kappa shape index (κ2) is 7.74. The molecule has 5 N–H and O–H groups in total. The fourth-order valence-corrected chi connectivity index (χ4v) is 2.98. The van der Waals surface area contributed by atoms with Crippen LogP contribution < -0.4 is 21.7 Å². The molecule has 1 amide bonds. The average molecular weight is 349 g/mol. The third-order valence-electron chi connectivity index (χ3n) is 4.14. The Morgan fingerprint density at radius 1 is 1.31 bits per heavy atom. The number of nitrogens with one attached hydrogen (secondary N) is 3. The first-order valence-electron chi connectivity index (χ1n) is 8.51. The molecule has 0 fully saturated rings. The zero-order valence-corrected chi connectivity index (χ0v) is 14.9. The normalized spacial score (nSPS) is 17.2. The van der Waals surface area contributed by atoms with E-state index in [1.165, 1.54) is 0 Å². The topological polar surface area (TPSA) is 91.5 Å². The molecule has 134 valence electrons. The number of nitrogens with two attached hydrogens (primary N) is 1. The van der Waals surface area contributed by atoms with Gasteiger partial charge in [0.1, 0.15) is 0 Å². The van der Waals surface area contributed by atoms with Crippen LogP contribution in [0.25, 0.3) is 5.57 Å². The lowest BCUT2D eigenvalue weighted by Gasteiger charge is -2.18. The molecule has 1 atom stereocenters. The van der Waals surface area contributed by atoms with Crippen molar-refractivity contribution >= 4 is 40.4 Å². The van der Waals surface area contributed by atoms with Crippen LogP contribution in [-0.2, 0) is 4.79 Å². The van der Waals surface area contributed by atoms with Gasteiger partial charge in [-0.15, -0.1) is 0 Å². The Balaban J connectivity index is 1.93. The summed E-state index contributed by atoms with van der Waals surface area (Å²) in [4.78, 5) is 16.0. The summed E-state index contributed by atoms with van der Waals surface area (Å²) in [7, 11) is 1.71. The summed E-state index contributed by atoms with van der Waals surface area (Å²) in [5.41, 5.74) is 11.0. The van der Waals surface area contributed by atoms with Crippen LogP contribution >= 0.6 is 0 Å². The number of anilines is 4. The van der Waals surface area contributed by atoms with Crippen molar-refractivity contribution in [3.8, 4) is 0 Å². The van der Waals surface area contributed by atoms with E-state index in [2.05, 4.69) is 20.9 Å². The number of rotatable bonds is 4. The third-order valence-corrected chi connectivity index (χ3v) is 4.14. The lowest BCUT2D eigenvalue weighted by atomic mass is 10.1. The van der Waals surface area contributed by atoms with Crippen molar-refractivity contribution in [2.75, 3.05) is 23.0 Å². The maximum Gasteiger partial charge on any atom is 0.226 e. The molecule has 0 aliphatic carbocycles. The van der Waals surface area contributed by atoms with E-state index in [0.717, 1.165) is 33.9 Å². The summed E-state index contributed by atoms with van der Waals surface area (Å²) < 4.78 is 0. The van der Waals surface area contributed by atoms with E-state index in [9.17, 15) is 4.79 Å². The van der Waals surface area contributed by atoms with E-state index in [1.807, 2.05) is 49.4 Å². The van der Waals surface area contributed by atoms with Gasteiger partial charge < -0.3 is 21.7 Å². The smallest absolute Gasteiger partial charge is 0.226 e. The predicted octanol–water partition coefficient (Wildman–Crippen LogP) is 3.57. The van der Waals surface area contributed by atoms with Gasteiger partial charge in [-0.25, -0.2) is 0 Å². The second-order valence-electron chi connectivity index (χ2n) is 6.24. The van der Waals surface area contributed by atoms with E-state index in [0.29, 0.717) is 6.42 Å². The van der Waals surface area contributed by atoms with Crippen molar-refractivity contribution in [2.45, 2.75) is 19.4 Å². The minimum Gasteiger partial charge on any atom is -0.404 e. The Hall–Kier alpha value is -3.28. The summed E-state index contributed by atoms with van der Waals surface area (Å²) in [6.07, 6.45) is 3.70. The molecule has 3 rings (SSSR count).